The van der Waals surface area contributed by atoms with E-state index in [2.05, 4.69) is 10.3 Å². The second kappa shape index (κ2) is 8.31. The normalized spacial score (nSPS) is 11.7. The van der Waals surface area contributed by atoms with Gasteiger partial charge in [-0.1, -0.05) is 36.4 Å². The number of halogens is 1. The molecule has 1 heterocycles. The monoisotopic (exact) mass is 398 g/mol. The molecule has 3 rings (SSSR count). The third kappa shape index (κ3) is 4.43. The number of thiazole rings is 1. The molecule has 2 aromatic carbocycles. The molecule has 1 amide bonds. The number of nitrogens with one attached hydrogen (secondary N) is 1. The summed E-state index contributed by atoms with van der Waals surface area (Å²) in [6.45, 7) is 4.82. The first-order chi connectivity index (χ1) is 13.3. The van der Waals surface area contributed by atoms with Crippen molar-refractivity contribution in [3.63, 3.8) is 0 Å². The lowest BCUT2D eigenvalue weighted by atomic mass is 10.2. The minimum absolute atomic E-state index is 0.302. The minimum Gasteiger partial charge on any atom is -0.448 e. The van der Waals surface area contributed by atoms with Crippen LogP contribution >= 0.6 is 11.3 Å². The number of aromatic nitrogens is 1. The van der Waals surface area contributed by atoms with Crippen molar-refractivity contribution in [3.05, 3.63) is 70.5 Å². The van der Waals surface area contributed by atoms with Crippen LogP contribution in [0.4, 0.5) is 10.1 Å². The van der Waals surface area contributed by atoms with Gasteiger partial charge in [-0.2, -0.15) is 0 Å². The number of ether oxygens (including phenoxy) is 1. The third-order valence-corrected chi connectivity index (χ3v) is 5.28. The Hall–Kier alpha value is -3.06. The van der Waals surface area contributed by atoms with Crippen molar-refractivity contribution in [3.8, 4) is 10.6 Å². The standard InChI is InChI=1S/C21H19FN2O3S/c1-12-9-10-16(11-17(12)22)24-19(25)14(3)27-21(26)18-13(2)23-20(28-18)15-7-5-4-6-8-15/h4-11,14H,1-3H3,(H,24,25)/t14-/m1/s1. The van der Waals surface area contributed by atoms with Crippen LogP contribution < -0.4 is 5.32 Å². The van der Waals surface area contributed by atoms with E-state index < -0.39 is 23.8 Å². The van der Waals surface area contributed by atoms with E-state index in [-0.39, 0.29) is 0 Å². The number of anilines is 1. The number of aryl methyl sites for hydroxylation is 2. The average molecular weight is 398 g/mol. The first kappa shape index (κ1) is 19.7. The largest absolute Gasteiger partial charge is 0.448 e. The number of hydrogen-bond donors (Lipinski definition) is 1. The Morgan fingerprint density at radius 1 is 1.14 bits per heavy atom. The zero-order valence-electron chi connectivity index (χ0n) is 15.7. The maximum atomic E-state index is 13.6. The maximum Gasteiger partial charge on any atom is 0.351 e. The number of esters is 1. The van der Waals surface area contributed by atoms with E-state index >= 15 is 0 Å². The summed E-state index contributed by atoms with van der Waals surface area (Å²) in [7, 11) is 0. The van der Waals surface area contributed by atoms with Crippen molar-refractivity contribution in [2.45, 2.75) is 26.9 Å². The predicted molar refractivity (Wildman–Crippen MR) is 107 cm³/mol. The first-order valence-corrected chi connectivity index (χ1v) is 9.47. The molecule has 144 valence electrons. The molecule has 0 saturated heterocycles. The summed E-state index contributed by atoms with van der Waals surface area (Å²) in [4.78, 5) is 29.5. The van der Waals surface area contributed by atoms with Gasteiger partial charge in [-0.3, -0.25) is 4.79 Å². The van der Waals surface area contributed by atoms with E-state index in [1.54, 1.807) is 26.0 Å². The Morgan fingerprint density at radius 3 is 2.54 bits per heavy atom. The number of benzene rings is 2. The van der Waals surface area contributed by atoms with Gasteiger partial charge in [-0.15, -0.1) is 11.3 Å². The summed E-state index contributed by atoms with van der Waals surface area (Å²) in [5.74, 6) is -1.58. The van der Waals surface area contributed by atoms with Gasteiger partial charge in [-0.25, -0.2) is 14.2 Å². The number of hydrogen-bond acceptors (Lipinski definition) is 5. The van der Waals surface area contributed by atoms with Crippen LogP contribution in [-0.2, 0) is 9.53 Å². The lowest BCUT2D eigenvalue weighted by Gasteiger charge is -2.13. The second-order valence-electron chi connectivity index (χ2n) is 6.30. The van der Waals surface area contributed by atoms with E-state index in [9.17, 15) is 14.0 Å². The highest BCUT2D eigenvalue weighted by Gasteiger charge is 2.23. The minimum atomic E-state index is -1.04. The lowest BCUT2D eigenvalue weighted by molar-refractivity contribution is -0.123. The van der Waals surface area contributed by atoms with Crippen LogP contribution in [0.2, 0.25) is 0 Å². The first-order valence-electron chi connectivity index (χ1n) is 8.66. The Kier molecular flexibility index (Phi) is 5.84. The zero-order valence-corrected chi connectivity index (χ0v) is 16.5. The van der Waals surface area contributed by atoms with Gasteiger partial charge in [0.2, 0.25) is 0 Å². The van der Waals surface area contributed by atoms with Crippen LogP contribution in [-0.4, -0.2) is 23.0 Å². The van der Waals surface area contributed by atoms with Crippen molar-refractivity contribution in [2.24, 2.45) is 0 Å². The van der Waals surface area contributed by atoms with Crippen LogP contribution in [0.25, 0.3) is 10.6 Å². The molecule has 0 saturated carbocycles. The number of nitrogens with zero attached hydrogens (tertiary/aromatic N) is 1. The Morgan fingerprint density at radius 2 is 1.86 bits per heavy atom. The molecule has 28 heavy (non-hydrogen) atoms. The SMILES string of the molecule is Cc1ccc(NC(=O)[C@@H](C)OC(=O)c2sc(-c3ccccc3)nc2C)cc1F. The molecular weight excluding hydrogens is 379 g/mol. The number of carbonyl (C=O) groups excluding carboxylic acids is 2. The third-order valence-electron chi connectivity index (χ3n) is 4.10. The molecule has 0 fully saturated rings. The van der Waals surface area contributed by atoms with Gasteiger partial charge in [0, 0.05) is 11.3 Å². The fourth-order valence-electron chi connectivity index (χ4n) is 2.47. The summed E-state index contributed by atoms with van der Waals surface area (Å²) < 4.78 is 18.9. The number of rotatable bonds is 5. The number of amides is 1. The molecule has 5 nitrogen and oxygen atoms in total. The summed E-state index contributed by atoms with van der Waals surface area (Å²) in [6.07, 6.45) is -1.04. The van der Waals surface area contributed by atoms with Crippen molar-refractivity contribution in [2.75, 3.05) is 5.32 Å². The van der Waals surface area contributed by atoms with Gasteiger partial charge in [0.1, 0.15) is 15.7 Å². The van der Waals surface area contributed by atoms with Crippen LogP contribution in [0.1, 0.15) is 27.9 Å². The molecule has 3 aromatic rings. The summed E-state index contributed by atoms with van der Waals surface area (Å²) in [5, 5.41) is 3.25. The Bertz CT molecular complexity index is 1020. The van der Waals surface area contributed by atoms with E-state index in [0.29, 0.717) is 26.8 Å². The molecule has 1 aromatic heterocycles. The smallest absolute Gasteiger partial charge is 0.351 e. The van der Waals surface area contributed by atoms with Gasteiger partial charge >= 0.3 is 5.97 Å². The van der Waals surface area contributed by atoms with Gasteiger partial charge in [-0.05, 0) is 38.5 Å². The highest BCUT2D eigenvalue weighted by Crippen LogP contribution is 2.28. The average Bonchev–Trinajstić information content (AvgIpc) is 3.07. The molecule has 7 heteroatoms. The molecule has 1 N–H and O–H groups in total. The Balaban J connectivity index is 1.67. The van der Waals surface area contributed by atoms with Crippen LogP contribution in [0.15, 0.2) is 48.5 Å². The number of carbonyl (C=O) groups is 2. The van der Waals surface area contributed by atoms with Crippen LogP contribution in [0, 0.1) is 19.7 Å². The highest BCUT2D eigenvalue weighted by atomic mass is 32.1. The van der Waals surface area contributed by atoms with E-state index in [4.69, 9.17) is 4.74 Å². The fourth-order valence-corrected chi connectivity index (χ4v) is 3.43. The second-order valence-corrected chi connectivity index (χ2v) is 7.30. The van der Waals surface area contributed by atoms with Crippen LogP contribution in [0.3, 0.4) is 0 Å². The molecule has 0 bridgehead atoms. The van der Waals surface area contributed by atoms with Crippen LogP contribution in [0.5, 0.6) is 0 Å². The predicted octanol–water partition coefficient (Wildman–Crippen LogP) is 4.75. The summed E-state index contributed by atoms with van der Waals surface area (Å²) in [5.41, 5.74) is 2.23. The molecule has 0 aliphatic heterocycles. The quantitative estimate of drug-likeness (QED) is 0.630. The fraction of sp³-hybridized carbons (Fsp3) is 0.190. The Labute approximate surface area is 166 Å². The van der Waals surface area contributed by atoms with Crippen molar-refractivity contribution in [1.29, 1.82) is 0 Å². The molecule has 0 radical (unpaired) electrons. The highest BCUT2D eigenvalue weighted by molar-refractivity contribution is 7.17. The van der Waals surface area contributed by atoms with Gasteiger partial charge in [0.15, 0.2) is 6.10 Å². The van der Waals surface area contributed by atoms with E-state index in [1.807, 2.05) is 30.3 Å². The molecule has 1 atom stereocenters. The van der Waals surface area contributed by atoms with Gasteiger partial charge in [0.05, 0.1) is 5.69 Å². The topological polar surface area (TPSA) is 68.3 Å². The van der Waals surface area contributed by atoms with Crippen molar-refractivity contribution >= 4 is 28.9 Å². The zero-order chi connectivity index (χ0) is 20.3. The maximum absolute atomic E-state index is 13.6. The van der Waals surface area contributed by atoms with E-state index in [0.717, 1.165) is 5.56 Å². The van der Waals surface area contributed by atoms with Gasteiger partial charge < -0.3 is 10.1 Å². The molecule has 0 aliphatic carbocycles. The molecule has 0 aliphatic rings. The van der Waals surface area contributed by atoms with Crippen molar-refractivity contribution in [1.82, 2.24) is 4.98 Å². The van der Waals surface area contributed by atoms with Gasteiger partial charge in [0.25, 0.3) is 5.91 Å². The summed E-state index contributed by atoms with van der Waals surface area (Å²) >= 11 is 1.21. The molecule has 0 unspecified atom stereocenters. The van der Waals surface area contributed by atoms with E-state index in [1.165, 1.54) is 24.3 Å². The molecular formula is C21H19FN2O3S. The van der Waals surface area contributed by atoms with Crippen molar-refractivity contribution < 1.29 is 18.7 Å². The summed E-state index contributed by atoms with van der Waals surface area (Å²) in [6, 6.07) is 13.9. The molecule has 0 spiro atoms. The lowest BCUT2D eigenvalue weighted by Crippen LogP contribution is -2.30.